The lowest BCUT2D eigenvalue weighted by molar-refractivity contribution is 0.172. The van der Waals surface area contributed by atoms with Crippen LogP contribution < -0.4 is 5.32 Å². The zero-order valence-electron chi connectivity index (χ0n) is 12.6. The molecule has 2 rings (SSSR count). The maximum absolute atomic E-state index is 5.68. The van der Waals surface area contributed by atoms with Gasteiger partial charge in [0.2, 0.25) is 0 Å². The molecule has 0 aromatic carbocycles. The van der Waals surface area contributed by atoms with Gasteiger partial charge >= 0.3 is 0 Å². The summed E-state index contributed by atoms with van der Waals surface area (Å²) in [7, 11) is 2.23. The predicted octanol–water partition coefficient (Wildman–Crippen LogP) is 3.54. The van der Waals surface area contributed by atoms with Crippen LogP contribution in [0, 0.1) is 0 Å². The van der Waals surface area contributed by atoms with E-state index in [1.165, 1.54) is 37.7 Å². The molecule has 0 saturated heterocycles. The summed E-state index contributed by atoms with van der Waals surface area (Å²) >= 11 is 0. The van der Waals surface area contributed by atoms with Gasteiger partial charge in [-0.05, 0) is 26.0 Å². The summed E-state index contributed by atoms with van der Waals surface area (Å²) in [6.07, 6.45) is 8.69. The average molecular weight is 264 g/mol. The van der Waals surface area contributed by atoms with Crippen LogP contribution >= 0.6 is 0 Å². The molecule has 1 fully saturated rings. The van der Waals surface area contributed by atoms with E-state index < -0.39 is 0 Å². The number of nitrogens with zero attached hydrogens (tertiary/aromatic N) is 1. The average Bonchev–Trinajstić information content (AvgIpc) is 2.84. The molecule has 0 unspecified atom stereocenters. The summed E-state index contributed by atoms with van der Waals surface area (Å²) < 4.78 is 5.68. The topological polar surface area (TPSA) is 28.4 Å². The second kappa shape index (κ2) is 7.11. The van der Waals surface area contributed by atoms with E-state index in [0.29, 0.717) is 6.04 Å². The van der Waals surface area contributed by atoms with Crippen molar-refractivity contribution in [1.82, 2.24) is 10.2 Å². The van der Waals surface area contributed by atoms with Crippen molar-refractivity contribution in [2.24, 2.45) is 0 Å². The molecular weight excluding hydrogens is 236 g/mol. The second-order valence-electron chi connectivity index (χ2n) is 6.11. The van der Waals surface area contributed by atoms with Crippen molar-refractivity contribution in [1.29, 1.82) is 0 Å². The minimum absolute atomic E-state index is 0.513. The summed E-state index contributed by atoms with van der Waals surface area (Å²) in [5, 5.41) is 3.46. The van der Waals surface area contributed by atoms with Crippen molar-refractivity contribution in [3.8, 4) is 0 Å². The van der Waals surface area contributed by atoms with Crippen LogP contribution in [0.5, 0.6) is 0 Å². The Balaban J connectivity index is 1.89. The number of hydrogen-bond donors (Lipinski definition) is 1. The van der Waals surface area contributed by atoms with Crippen LogP contribution in [0.25, 0.3) is 0 Å². The fraction of sp³-hybridized carbons (Fsp3) is 0.750. The monoisotopic (exact) mass is 264 g/mol. The summed E-state index contributed by atoms with van der Waals surface area (Å²) in [5.41, 5.74) is 1.30. The largest absolute Gasteiger partial charge is 0.468 e. The predicted molar refractivity (Wildman–Crippen MR) is 79.0 cm³/mol. The Labute approximate surface area is 117 Å². The molecule has 0 aliphatic heterocycles. The number of hydrogen-bond acceptors (Lipinski definition) is 3. The van der Waals surface area contributed by atoms with Crippen molar-refractivity contribution < 1.29 is 4.42 Å². The molecule has 1 saturated carbocycles. The first-order valence-electron chi connectivity index (χ1n) is 7.65. The molecule has 1 aliphatic rings. The summed E-state index contributed by atoms with van der Waals surface area (Å²) in [6.45, 7) is 6.19. The molecule has 0 spiro atoms. The van der Waals surface area contributed by atoms with E-state index >= 15 is 0 Å². The summed E-state index contributed by atoms with van der Waals surface area (Å²) in [5.74, 6) is 1.13. The molecule has 3 heteroatoms. The third kappa shape index (κ3) is 4.36. The van der Waals surface area contributed by atoms with Gasteiger partial charge < -0.3 is 9.73 Å². The molecule has 0 atom stereocenters. The highest BCUT2D eigenvalue weighted by Gasteiger charge is 2.19. The third-order valence-electron chi connectivity index (χ3n) is 4.13. The quantitative estimate of drug-likeness (QED) is 0.852. The van der Waals surface area contributed by atoms with Crippen LogP contribution in [-0.2, 0) is 13.1 Å². The van der Waals surface area contributed by atoms with E-state index in [1.54, 1.807) is 0 Å². The van der Waals surface area contributed by atoms with Crippen LogP contribution in [0.4, 0.5) is 0 Å². The Bertz CT molecular complexity index is 367. The number of furan rings is 1. The first-order valence-corrected chi connectivity index (χ1v) is 7.65. The molecule has 0 radical (unpaired) electrons. The zero-order chi connectivity index (χ0) is 13.7. The molecule has 1 aromatic heterocycles. The van der Waals surface area contributed by atoms with Crippen LogP contribution in [0.3, 0.4) is 0 Å². The van der Waals surface area contributed by atoms with Gasteiger partial charge in [0.25, 0.3) is 0 Å². The fourth-order valence-corrected chi connectivity index (χ4v) is 2.85. The third-order valence-corrected chi connectivity index (χ3v) is 4.13. The standard InChI is InChI=1S/C16H28N2O/c1-13(2)17-11-14-9-10-19-16(14)12-18(3)15-7-5-4-6-8-15/h9-10,13,15,17H,4-8,11-12H2,1-3H3. The minimum atomic E-state index is 0.513. The van der Waals surface area contributed by atoms with Crippen molar-refractivity contribution in [3.05, 3.63) is 23.7 Å². The first-order chi connectivity index (χ1) is 9.16. The van der Waals surface area contributed by atoms with Gasteiger partial charge in [-0.15, -0.1) is 0 Å². The molecule has 0 bridgehead atoms. The van der Waals surface area contributed by atoms with Gasteiger partial charge in [-0.3, -0.25) is 4.90 Å². The van der Waals surface area contributed by atoms with Gasteiger partial charge in [-0.25, -0.2) is 0 Å². The van der Waals surface area contributed by atoms with E-state index in [1.807, 2.05) is 6.26 Å². The molecule has 0 amide bonds. The van der Waals surface area contributed by atoms with Crippen LogP contribution in [-0.4, -0.2) is 24.0 Å². The maximum atomic E-state index is 5.68. The van der Waals surface area contributed by atoms with E-state index in [2.05, 4.69) is 37.2 Å². The normalized spacial score (nSPS) is 17.5. The molecule has 1 aliphatic carbocycles. The molecule has 19 heavy (non-hydrogen) atoms. The van der Waals surface area contributed by atoms with Gasteiger partial charge in [0, 0.05) is 24.2 Å². The second-order valence-corrected chi connectivity index (χ2v) is 6.11. The van der Waals surface area contributed by atoms with Crippen LogP contribution in [0.1, 0.15) is 57.3 Å². The number of rotatable bonds is 6. The van der Waals surface area contributed by atoms with E-state index in [4.69, 9.17) is 4.42 Å². The van der Waals surface area contributed by atoms with Crippen molar-refractivity contribution in [3.63, 3.8) is 0 Å². The molecular formula is C16H28N2O. The Hall–Kier alpha value is -0.800. The van der Waals surface area contributed by atoms with E-state index in [9.17, 15) is 0 Å². The van der Waals surface area contributed by atoms with Crippen molar-refractivity contribution >= 4 is 0 Å². The lowest BCUT2D eigenvalue weighted by atomic mass is 9.94. The summed E-state index contributed by atoms with van der Waals surface area (Å²) in [4.78, 5) is 2.47. The van der Waals surface area contributed by atoms with Gasteiger partial charge in [0.15, 0.2) is 0 Å². The molecule has 1 N–H and O–H groups in total. The molecule has 1 aromatic rings. The summed E-state index contributed by atoms with van der Waals surface area (Å²) in [6, 6.07) is 3.35. The Morgan fingerprint density at radius 2 is 2.05 bits per heavy atom. The molecule has 1 heterocycles. The lowest BCUT2D eigenvalue weighted by Gasteiger charge is -2.30. The molecule has 108 valence electrons. The Morgan fingerprint density at radius 3 is 2.74 bits per heavy atom. The highest BCUT2D eigenvalue weighted by atomic mass is 16.3. The van der Waals surface area contributed by atoms with Crippen molar-refractivity contribution in [2.75, 3.05) is 7.05 Å². The van der Waals surface area contributed by atoms with Crippen LogP contribution in [0.2, 0.25) is 0 Å². The van der Waals surface area contributed by atoms with Crippen molar-refractivity contribution in [2.45, 2.75) is 71.1 Å². The smallest absolute Gasteiger partial charge is 0.122 e. The van der Waals surface area contributed by atoms with Gasteiger partial charge in [0.05, 0.1) is 12.8 Å². The van der Waals surface area contributed by atoms with Gasteiger partial charge in [0.1, 0.15) is 5.76 Å². The maximum Gasteiger partial charge on any atom is 0.122 e. The van der Waals surface area contributed by atoms with Gasteiger partial charge in [-0.2, -0.15) is 0 Å². The van der Waals surface area contributed by atoms with Crippen LogP contribution in [0.15, 0.2) is 16.7 Å². The minimum Gasteiger partial charge on any atom is -0.468 e. The first kappa shape index (κ1) is 14.6. The SMILES string of the molecule is CC(C)NCc1ccoc1CN(C)C1CCCCC1. The highest BCUT2D eigenvalue weighted by Crippen LogP contribution is 2.23. The van der Waals surface area contributed by atoms with E-state index in [0.717, 1.165) is 24.9 Å². The lowest BCUT2D eigenvalue weighted by Crippen LogP contribution is -2.33. The van der Waals surface area contributed by atoms with Gasteiger partial charge in [-0.1, -0.05) is 33.1 Å². The molecule has 3 nitrogen and oxygen atoms in total. The zero-order valence-corrected chi connectivity index (χ0v) is 12.6. The fourth-order valence-electron chi connectivity index (χ4n) is 2.85. The Morgan fingerprint density at radius 1 is 1.32 bits per heavy atom. The van der Waals surface area contributed by atoms with E-state index in [-0.39, 0.29) is 0 Å². The number of nitrogens with one attached hydrogen (secondary N) is 1. The Kier molecular flexibility index (Phi) is 5.46. The highest BCUT2D eigenvalue weighted by molar-refractivity contribution is 5.17.